The van der Waals surface area contributed by atoms with Crippen LogP contribution in [0.2, 0.25) is 0 Å². The van der Waals surface area contributed by atoms with Gasteiger partial charge in [0.25, 0.3) is 0 Å². The predicted octanol–water partition coefficient (Wildman–Crippen LogP) is 3.37. The Balaban J connectivity index is 1.56. The van der Waals surface area contributed by atoms with E-state index in [4.69, 9.17) is 9.40 Å². The van der Waals surface area contributed by atoms with Crippen LogP contribution in [-0.4, -0.2) is 46.4 Å². The lowest BCUT2D eigenvalue weighted by molar-refractivity contribution is -0.0136. The molecule has 0 unspecified atom stereocenters. The molecule has 3 aromatic rings. The molecular weight excluding hydrogens is 340 g/mol. The van der Waals surface area contributed by atoms with Gasteiger partial charge in [-0.25, -0.2) is 4.98 Å². The zero-order chi connectivity index (χ0) is 18.9. The minimum atomic E-state index is -0.406. The number of aryl methyl sites for hydroxylation is 1. The van der Waals surface area contributed by atoms with Crippen molar-refractivity contribution >= 4 is 10.8 Å². The molecular formula is C22H26N2O3. The molecule has 0 spiro atoms. The molecule has 0 aliphatic carbocycles. The molecule has 5 nitrogen and oxygen atoms in total. The summed E-state index contributed by atoms with van der Waals surface area (Å²) in [5.74, 6) is 1.46. The van der Waals surface area contributed by atoms with Crippen LogP contribution in [0.5, 0.6) is 0 Å². The van der Waals surface area contributed by atoms with Gasteiger partial charge in [0.1, 0.15) is 5.76 Å². The number of aliphatic hydroxyl groups excluding tert-OH is 2. The highest BCUT2D eigenvalue weighted by atomic mass is 16.4. The van der Waals surface area contributed by atoms with Gasteiger partial charge in [-0.2, -0.15) is 0 Å². The number of aromatic nitrogens is 1. The van der Waals surface area contributed by atoms with Crippen molar-refractivity contribution in [3.63, 3.8) is 0 Å². The first-order chi connectivity index (χ1) is 13.1. The van der Waals surface area contributed by atoms with E-state index >= 15 is 0 Å². The van der Waals surface area contributed by atoms with Gasteiger partial charge in [0.15, 0.2) is 0 Å². The molecule has 1 aliphatic heterocycles. The van der Waals surface area contributed by atoms with Gasteiger partial charge >= 0.3 is 0 Å². The number of fused-ring (bicyclic) bond motifs is 1. The quantitative estimate of drug-likeness (QED) is 0.724. The summed E-state index contributed by atoms with van der Waals surface area (Å²) < 4.78 is 5.96. The maximum Gasteiger partial charge on any atom is 0.226 e. The number of oxazole rings is 1. The van der Waals surface area contributed by atoms with Crippen molar-refractivity contribution in [2.24, 2.45) is 5.41 Å². The van der Waals surface area contributed by atoms with Crippen LogP contribution in [0.15, 0.2) is 46.9 Å². The predicted molar refractivity (Wildman–Crippen MR) is 105 cm³/mol. The molecule has 0 atom stereocenters. The van der Waals surface area contributed by atoms with Crippen LogP contribution in [0.25, 0.3) is 22.2 Å². The number of piperidine rings is 1. The second-order valence-electron chi connectivity index (χ2n) is 7.71. The summed E-state index contributed by atoms with van der Waals surface area (Å²) >= 11 is 0. The molecule has 4 rings (SSSR count). The van der Waals surface area contributed by atoms with E-state index in [1.54, 1.807) is 0 Å². The molecule has 0 radical (unpaired) electrons. The Kier molecular flexibility index (Phi) is 5.00. The third-order valence-corrected chi connectivity index (χ3v) is 5.67. The molecule has 1 fully saturated rings. The number of likely N-dealkylation sites (tertiary alicyclic amines) is 1. The van der Waals surface area contributed by atoms with E-state index in [1.807, 2.05) is 25.1 Å². The number of benzene rings is 2. The monoisotopic (exact) mass is 366 g/mol. The highest BCUT2D eigenvalue weighted by Gasteiger charge is 2.34. The third kappa shape index (κ3) is 3.63. The molecule has 0 bridgehead atoms. The van der Waals surface area contributed by atoms with Crippen LogP contribution >= 0.6 is 0 Å². The van der Waals surface area contributed by atoms with Gasteiger partial charge in [-0.1, -0.05) is 30.3 Å². The molecule has 1 aromatic heterocycles. The minimum Gasteiger partial charge on any atom is -0.441 e. The van der Waals surface area contributed by atoms with Crippen LogP contribution in [0.1, 0.15) is 24.3 Å². The molecule has 27 heavy (non-hydrogen) atoms. The normalized spacial score (nSPS) is 17.4. The molecule has 2 heterocycles. The fourth-order valence-electron chi connectivity index (χ4n) is 3.99. The van der Waals surface area contributed by atoms with Crippen molar-refractivity contribution < 1.29 is 14.6 Å². The van der Waals surface area contributed by atoms with Gasteiger partial charge in [-0.3, -0.25) is 4.90 Å². The molecule has 1 aliphatic rings. The summed E-state index contributed by atoms with van der Waals surface area (Å²) in [7, 11) is 0. The summed E-state index contributed by atoms with van der Waals surface area (Å²) in [5.41, 5.74) is 1.49. The van der Waals surface area contributed by atoms with Crippen LogP contribution in [-0.2, 0) is 6.54 Å². The van der Waals surface area contributed by atoms with Crippen LogP contribution in [0.4, 0.5) is 0 Å². The van der Waals surface area contributed by atoms with Crippen molar-refractivity contribution in [1.82, 2.24) is 9.88 Å². The number of hydrogen-bond donors (Lipinski definition) is 2. The summed E-state index contributed by atoms with van der Waals surface area (Å²) in [6.45, 7) is 4.27. The molecule has 5 heteroatoms. The maximum atomic E-state index is 9.70. The van der Waals surface area contributed by atoms with E-state index in [9.17, 15) is 10.2 Å². The Bertz CT molecular complexity index is 930. The highest BCUT2D eigenvalue weighted by Crippen LogP contribution is 2.31. The molecule has 0 saturated carbocycles. The summed E-state index contributed by atoms with van der Waals surface area (Å²) in [6.07, 6.45) is 1.83. The lowest BCUT2D eigenvalue weighted by Crippen LogP contribution is -2.47. The fraction of sp³-hybridized carbons (Fsp3) is 0.409. The maximum absolute atomic E-state index is 9.70. The van der Waals surface area contributed by atoms with E-state index in [0.29, 0.717) is 19.0 Å². The number of hydrogen-bond acceptors (Lipinski definition) is 5. The Morgan fingerprint density at radius 1 is 1.11 bits per heavy atom. The van der Waals surface area contributed by atoms with Gasteiger partial charge < -0.3 is 14.6 Å². The van der Waals surface area contributed by atoms with E-state index in [0.717, 1.165) is 36.4 Å². The molecule has 1 saturated heterocycles. The van der Waals surface area contributed by atoms with Crippen LogP contribution in [0, 0.1) is 12.3 Å². The lowest BCUT2D eigenvalue weighted by atomic mass is 9.81. The van der Waals surface area contributed by atoms with Gasteiger partial charge in [0.05, 0.1) is 18.9 Å². The summed E-state index contributed by atoms with van der Waals surface area (Å²) in [4.78, 5) is 7.00. The SMILES string of the molecule is Cc1oc(-c2ccc3ccccc3c2)nc1CN1CCCC(CO)(CO)C1. The number of nitrogens with zero attached hydrogens (tertiary/aromatic N) is 2. The van der Waals surface area contributed by atoms with Crippen molar-refractivity contribution in [1.29, 1.82) is 0 Å². The smallest absolute Gasteiger partial charge is 0.226 e. The fourth-order valence-corrected chi connectivity index (χ4v) is 3.99. The third-order valence-electron chi connectivity index (χ3n) is 5.67. The van der Waals surface area contributed by atoms with Crippen LogP contribution < -0.4 is 0 Å². The lowest BCUT2D eigenvalue weighted by Gasteiger charge is -2.40. The highest BCUT2D eigenvalue weighted by molar-refractivity contribution is 5.86. The molecule has 0 amide bonds. The van der Waals surface area contributed by atoms with Crippen molar-refractivity contribution in [3.8, 4) is 11.5 Å². The standard InChI is InChI=1S/C22H26N2O3/c1-16-20(12-24-10-4-9-22(13-24,14-25)15-26)23-21(27-16)19-8-7-17-5-2-3-6-18(17)11-19/h2-3,5-8,11,25-26H,4,9-10,12-15H2,1H3. The van der Waals surface area contributed by atoms with Gasteiger partial charge in [0, 0.05) is 24.1 Å². The Morgan fingerprint density at radius 2 is 1.89 bits per heavy atom. The average Bonchev–Trinajstić information content (AvgIpc) is 3.08. The first kappa shape index (κ1) is 18.2. The molecule has 2 N–H and O–H groups in total. The summed E-state index contributed by atoms with van der Waals surface area (Å²) in [6, 6.07) is 14.5. The minimum absolute atomic E-state index is 0.0140. The average molecular weight is 366 g/mol. The Morgan fingerprint density at radius 3 is 2.67 bits per heavy atom. The van der Waals surface area contributed by atoms with Crippen molar-refractivity contribution in [2.45, 2.75) is 26.3 Å². The zero-order valence-electron chi connectivity index (χ0n) is 15.7. The van der Waals surface area contributed by atoms with E-state index in [-0.39, 0.29) is 13.2 Å². The summed E-state index contributed by atoms with van der Waals surface area (Å²) in [5, 5.41) is 21.8. The Labute approximate surface area is 159 Å². The molecule has 142 valence electrons. The van der Waals surface area contributed by atoms with E-state index in [1.165, 1.54) is 10.8 Å². The van der Waals surface area contributed by atoms with Gasteiger partial charge in [-0.05, 0) is 49.2 Å². The largest absolute Gasteiger partial charge is 0.441 e. The second-order valence-corrected chi connectivity index (χ2v) is 7.71. The van der Waals surface area contributed by atoms with E-state index in [2.05, 4.69) is 29.2 Å². The number of aliphatic hydroxyl groups is 2. The Hall–Kier alpha value is -2.21. The first-order valence-corrected chi connectivity index (χ1v) is 9.52. The topological polar surface area (TPSA) is 69.7 Å². The second kappa shape index (κ2) is 7.43. The van der Waals surface area contributed by atoms with Gasteiger partial charge in [-0.15, -0.1) is 0 Å². The first-order valence-electron chi connectivity index (χ1n) is 9.52. The number of rotatable bonds is 5. The van der Waals surface area contributed by atoms with Crippen molar-refractivity contribution in [3.05, 3.63) is 53.9 Å². The molecule has 2 aromatic carbocycles. The van der Waals surface area contributed by atoms with Gasteiger partial charge in [0.2, 0.25) is 5.89 Å². The van der Waals surface area contributed by atoms with Crippen LogP contribution in [0.3, 0.4) is 0 Å². The van der Waals surface area contributed by atoms with Crippen molar-refractivity contribution in [2.75, 3.05) is 26.3 Å². The van der Waals surface area contributed by atoms with E-state index < -0.39 is 5.41 Å². The zero-order valence-corrected chi connectivity index (χ0v) is 15.7.